The molecule has 0 saturated carbocycles. The van der Waals surface area contributed by atoms with Crippen LogP contribution in [0.3, 0.4) is 0 Å². The van der Waals surface area contributed by atoms with E-state index in [2.05, 4.69) is 10.3 Å². The Balaban J connectivity index is 2.12. The SMILES string of the molecule is CCOC(=O)/C=C/[C@H](CCC(N)=O)NC(=O)c1ccc2ccccc2n1. The molecule has 0 unspecified atom stereocenters. The van der Waals surface area contributed by atoms with Crippen molar-refractivity contribution in [3.8, 4) is 0 Å². The number of nitrogens with two attached hydrogens (primary N) is 1. The maximum Gasteiger partial charge on any atom is 0.330 e. The van der Waals surface area contributed by atoms with Crippen LogP contribution >= 0.6 is 0 Å². The van der Waals surface area contributed by atoms with Crippen molar-refractivity contribution < 1.29 is 19.1 Å². The minimum Gasteiger partial charge on any atom is -0.463 e. The number of ether oxygens (including phenoxy) is 1. The number of nitrogens with zero attached hydrogens (tertiary/aromatic N) is 1. The Morgan fingerprint density at radius 3 is 2.73 bits per heavy atom. The number of hydrogen-bond acceptors (Lipinski definition) is 5. The first-order chi connectivity index (χ1) is 12.5. The summed E-state index contributed by atoms with van der Waals surface area (Å²) in [6.45, 7) is 1.95. The van der Waals surface area contributed by atoms with Gasteiger partial charge < -0.3 is 15.8 Å². The van der Waals surface area contributed by atoms with Crippen LogP contribution < -0.4 is 11.1 Å². The van der Waals surface area contributed by atoms with Crippen molar-refractivity contribution in [2.24, 2.45) is 5.73 Å². The van der Waals surface area contributed by atoms with Crippen LogP contribution in [0.25, 0.3) is 10.9 Å². The van der Waals surface area contributed by atoms with E-state index in [0.29, 0.717) is 5.52 Å². The molecule has 1 atom stereocenters. The van der Waals surface area contributed by atoms with Gasteiger partial charge in [0.1, 0.15) is 5.69 Å². The summed E-state index contributed by atoms with van der Waals surface area (Å²) in [7, 11) is 0. The molecule has 3 N–H and O–H groups in total. The van der Waals surface area contributed by atoms with E-state index >= 15 is 0 Å². The van der Waals surface area contributed by atoms with Gasteiger partial charge >= 0.3 is 5.97 Å². The molecule has 0 fully saturated rings. The molecule has 2 aromatic rings. The van der Waals surface area contributed by atoms with Gasteiger partial charge in [0.15, 0.2) is 0 Å². The van der Waals surface area contributed by atoms with Gasteiger partial charge in [0, 0.05) is 23.9 Å². The summed E-state index contributed by atoms with van der Waals surface area (Å²) >= 11 is 0. The number of para-hydroxylation sites is 1. The van der Waals surface area contributed by atoms with Crippen molar-refractivity contribution in [3.05, 3.63) is 54.2 Å². The van der Waals surface area contributed by atoms with E-state index in [1.54, 1.807) is 13.0 Å². The average Bonchev–Trinajstić information content (AvgIpc) is 2.63. The third kappa shape index (κ3) is 5.70. The van der Waals surface area contributed by atoms with Crippen molar-refractivity contribution in [1.82, 2.24) is 10.3 Å². The van der Waals surface area contributed by atoms with Gasteiger partial charge in [-0.25, -0.2) is 9.78 Å². The van der Waals surface area contributed by atoms with E-state index in [-0.39, 0.29) is 25.1 Å². The molecule has 2 rings (SSSR count). The molecule has 0 radical (unpaired) electrons. The standard InChI is InChI=1S/C19H21N3O4/c1-2-26-18(24)12-9-14(8-11-17(20)23)21-19(25)16-10-7-13-5-3-4-6-15(13)22-16/h3-7,9-10,12,14H,2,8,11H2,1H3,(H2,20,23)(H,21,25)/b12-9+/t14-/m0/s1. The van der Waals surface area contributed by atoms with E-state index < -0.39 is 23.8 Å². The fourth-order valence-electron chi connectivity index (χ4n) is 2.33. The average molecular weight is 355 g/mol. The number of esters is 1. The number of carbonyl (C=O) groups is 3. The highest BCUT2D eigenvalue weighted by Gasteiger charge is 2.14. The predicted molar refractivity (Wildman–Crippen MR) is 97.2 cm³/mol. The zero-order valence-corrected chi connectivity index (χ0v) is 14.5. The summed E-state index contributed by atoms with van der Waals surface area (Å²) in [4.78, 5) is 39.3. The molecule has 1 heterocycles. The van der Waals surface area contributed by atoms with Gasteiger partial charge in [-0.3, -0.25) is 9.59 Å². The van der Waals surface area contributed by atoms with Crippen LogP contribution in [-0.2, 0) is 14.3 Å². The van der Waals surface area contributed by atoms with Gasteiger partial charge in [-0.05, 0) is 25.5 Å². The number of benzene rings is 1. The maximum atomic E-state index is 12.5. The lowest BCUT2D eigenvalue weighted by atomic mass is 10.1. The molecule has 0 saturated heterocycles. The van der Waals surface area contributed by atoms with Crippen LogP contribution in [0, 0.1) is 0 Å². The summed E-state index contributed by atoms with van der Waals surface area (Å²) in [5.74, 6) is -1.41. The molecule has 0 spiro atoms. The highest BCUT2D eigenvalue weighted by atomic mass is 16.5. The second-order valence-corrected chi connectivity index (χ2v) is 5.59. The molecule has 1 aromatic heterocycles. The van der Waals surface area contributed by atoms with Crippen LogP contribution in [0.5, 0.6) is 0 Å². The Hall–Kier alpha value is -3.22. The zero-order valence-electron chi connectivity index (χ0n) is 14.5. The lowest BCUT2D eigenvalue weighted by Gasteiger charge is -2.14. The second kappa shape index (κ2) is 9.31. The number of rotatable bonds is 8. The number of amides is 2. The first-order valence-electron chi connectivity index (χ1n) is 8.29. The Kier molecular flexibility index (Phi) is 6.84. The Labute approximate surface area is 151 Å². The first kappa shape index (κ1) is 19.1. The minimum absolute atomic E-state index is 0.0727. The van der Waals surface area contributed by atoms with Crippen LogP contribution in [0.15, 0.2) is 48.6 Å². The number of hydrogen-bond donors (Lipinski definition) is 2. The van der Waals surface area contributed by atoms with Gasteiger partial charge in [0.2, 0.25) is 5.91 Å². The van der Waals surface area contributed by atoms with Crippen LogP contribution in [0.4, 0.5) is 0 Å². The lowest BCUT2D eigenvalue weighted by molar-refractivity contribution is -0.137. The van der Waals surface area contributed by atoms with Crippen molar-refractivity contribution >= 4 is 28.7 Å². The summed E-state index contributed by atoms with van der Waals surface area (Å²) < 4.78 is 4.81. The molecule has 1 aromatic carbocycles. The van der Waals surface area contributed by atoms with Gasteiger partial charge in [-0.15, -0.1) is 0 Å². The number of nitrogens with one attached hydrogen (secondary N) is 1. The number of aromatic nitrogens is 1. The Bertz CT molecular complexity index is 832. The van der Waals surface area contributed by atoms with Gasteiger partial charge in [0.25, 0.3) is 5.91 Å². The van der Waals surface area contributed by atoms with Crippen molar-refractivity contribution in [1.29, 1.82) is 0 Å². The lowest BCUT2D eigenvalue weighted by Crippen LogP contribution is -2.35. The molecule has 26 heavy (non-hydrogen) atoms. The molecule has 7 heteroatoms. The van der Waals surface area contributed by atoms with Gasteiger partial charge in [-0.2, -0.15) is 0 Å². The summed E-state index contributed by atoms with van der Waals surface area (Å²) in [6, 6.07) is 10.3. The first-order valence-corrected chi connectivity index (χ1v) is 8.29. The zero-order chi connectivity index (χ0) is 18.9. The largest absolute Gasteiger partial charge is 0.463 e. The molecule has 136 valence electrons. The van der Waals surface area contributed by atoms with Crippen LogP contribution in [0.2, 0.25) is 0 Å². The summed E-state index contributed by atoms with van der Waals surface area (Å²) in [5, 5.41) is 3.67. The van der Waals surface area contributed by atoms with Crippen molar-refractivity contribution in [3.63, 3.8) is 0 Å². The fraction of sp³-hybridized carbons (Fsp3) is 0.263. The minimum atomic E-state index is -0.548. The topological polar surface area (TPSA) is 111 Å². The summed E-state index contributed by atoms with van der Waals surface area (Å²) in [5.41, 5.74) is 6.12. The van der Waals surface area contributed by atoms with Crippen molar-refractivity contribution in [2.45, 2.75) is 25.8 Å². The van der Waals surface area contributed by atoms with E-state index in [1.807, 2.05) is 30.3 Å². The third-order valence-corrected chi connectivity index (χ3v) is 3.60. The monoisotopic (exact) mass is 355 g/mol. The number of carbonyl (C=O) groups excluding carboxylic acids is 3. The highest BCUT2D eigenvalue weighted by molar-refractivity contribution is 5.95. The number of pyridine rings is 1. The van der Waals surface area contributed by atoms with E-state index in [1.165, 1.54) is 12.2 Å². The molecular formula is C19H21N3O4. The maximum absolute atomic E-state index is 12.5. The van der Waals surface area contributed by atoms with Gasteiger partial charge in [0.05, 0.1) is 12.1 Å². The molecule has 0 aliphatic heterocycles. The predicted octanol–water partition coefficient (Wildman–Crippen LogP) is 1.72. The quantitative estimate of drug-likeness (QED) is 0.553. The Morgan fingerprint density at radius 1 is 1.23 bits per heavy atom. The smallest absolute Gasteiger partial charge is 0.330 e. The normalized spacial score (nSPS) is 12.0. The van der Waals surface area contributed by atoms with E-state index in [0.717, 1.165) is 5.39 Å². The second-order valence-electron chi connectivity index (χ2n) is 5.59. The highest BCUT2D eigenvalue weighted by Crippen LogP contribution is 2.12. The van der Waals surface area contributed by atoms with Crippen molar-refractivity contribution in [2.75, 3.05) is 6.61 Å². The number of primary amides is 1. The van der Waals surface area contributed by atoms with E-state index in [9.17, 15) is 14.4 Å². The molecular weight excluding hydrogens is 334 g/mol. The molecule has 0 aliphatic rings. The molecule has 0 bridgehead atoms. The van der Waals surface area contributed by atoms with E-state index in [4.69, 9.17) is 10.5 Å². The molecule has 0 aliphatic carbocycles. The van der Waals surface area contributed by atoms with Crippen LogP contribution in [0.1, 0.15) is 30.3 Å². The van der Waals surface area contributed by atoms with Gasteiger partial charge in [-0.1, -0.05) is 30.3 Å². The third-order valence-electron chi connectivity index (χ3n) is 3.60. The fourth-order valence-corrected chi connectivity index (χ4v) is 2.33. The Morgan fingerprint density at radius 2 is 2.00 bits per heavy atom. The molecule has 7 nitrogen and oxygen atoms in total. The molecule has 2 amide bonds. The van der Waals surface area contributed by atoms with Crippen LogP contribution in [-0.4, -0.2) is 35.4 Å². The number of fused-ring (bicyclic) bond motifs is 1. The summed E-state index contributed by atoms with van der Waals surface area (Å²) in [6.07, 6.45) is 3.05.